The van der Waals surface area contributed by atoms with Gasteiger partial charge in [0.25, 0.3) is 0 Å². The molecule has 4 rings (SSSR count). The van der Waals surface area contributed by atoms with E-state index < -0.39 is 0 Å². The van der Waals surface area contributed by atoms with E-state index in [-0.39, 0.29) is 11.7 Å². The van der Waals surface area contributed by atoms with Crippen LogP contribution in [0.25, 0.3) is 17.3 Å². The number of amides is 1. The van der Waals surface area contributed by atoms with Gasteiger partial charge in [-0.1, -0.05) is 41.6 Å². The Kier molecular flexibility index (Phi) is 7.21. The number of carbonyl (C=O) groups is 1. The Balaban J connectivity index is 1.59. The fraction of sp³-hybridized carbons (Fsp3) is 0.174. The lowest BCUT2D eigenvalue weighted by atomic mass is 10.2. The van der Waals surface area contributed by atoms with Gasteiger partial charge in [-0.15, -0.1) is 10.2 Å². The third kappa shape index (κ3) is 5.15. The van der Waals surface area contributed by atoms with Gasteiger partial charge in [0.1, 0.15) is 11.5 Å². The normalized spacial score (nSPS) is 10.8. The van der Waals surface area contributed by atoms with Crippen molar-refractivity contribution in [3.63, 3.8) is 0 Å². The molecule has 0 bridgehead atoms. The van der Waals surface area contributed by atoms with Gasteiger partial charge < -0.3 is 19.2 Å². The van der Waals surface area contributed by atoms with Gasteiger partial charge in [-0.05, 0) is 35.9 Å². The van der Waals surface area contributed by atoms with Crippen LogP contribution < -0.4 is 14.8 Å². The number of aromatic nitrogens is 3. The lowest BCUT2D eigenvalue weighted by Crippen LogP contribution is -2.24. The largest absolute Gasteiger partial charge is 0.497 e. The fourth-order valence-corrected chi connectivity index (χ4v) is 4.11. The number of carbonyl (C=O) groups excluding carboxylic acids is 1. The average Bonchev–Trinajstić information content (AvgIpc) is 3.51. The summed E-state index contributed by atoms with van der Waals surface area (Å²) in [5.41, 5.74) is 1.51. The zero-order valence-corrected chi connectivity index (χ0v) is 19.5. The van der Waals surface area contributed by atoms with Gasteiger partial charge in [0.2, 0.25) is 11.7 Å². The molecule has 2 aromatic carbocycles. The fourth-order valence-electron chi connectivity index (χ4n) is 3.13. The van der Waals surface area contributed by atoms with E-state index in [4.69, 9.17) is 25.5 Å². The smallest absolute Gasteiger partial charge is 0.230 e. The van der Waals surface area contributed by atoms with E-state index in [9.17, 15) is 4.79 Å². The molecule has 0 unspecified atom stereocenters. The topological polar surface area (TPSA) is 91.4 Å². The second-order valence-electron chi connectivity index (χ2n) is 6.81. The molecule has 170 valence electrons. The maximum absolute atomic E-state index is 12.5. The second-order valence-corrected chi connectivity index (χ2v) is 8.16. The molecule has 0 aliphatic carbocycles. The standard InChI is InChI=1S/C23H21ClN4O4S/c1-30-16-9-10-19(31-2)18(12-16)28-22(20-8-5-11-32-20)26-27-23(28)33-14-21(29)25-13-15-6-3-4-7-17(15)24/h3-12H,13-14H2,1-2H3,(H,25,29). The van der Waals surface area contributed by atoms with Crippen molar-refractivity contribution in [1.82, 2.24) is 20.1 Å². The second kappa shape index (κ2) is 10.5. The highest BCUT2D eigenvalue weighted by atomic mass is 35.5. The van der Waals surface area contributed by atoms with Gasteiger partial charge >= 0.3 is 0 Å². The van der Waals surface area contributed by atoms with Crippen LogP contribution in [0.1, 0.15) is 5.56 Å². The number of methoxy groups -OCH3 is 2. The molecule has 0 spiro atoms. The molecule has 0 radical (unpaired) electrons. The van der Waals surface area contributed by atoms with E-state index in [2.05, 4.69) is 15.5 Å². The first-order chi connectivity index (χ1) is 16.1. The first kappa shape index (κ1) is 22.8. The molecule has 0 aliphatic rings. The summed E-state index contributed by atoms with van der Waals surface area (Å²) in [5, 5.41) is 12.6. The minimum Gasteiger partial charge on any atom is -0.497 e. The number of hydrogen-bond acceptors (Lipinski definition) is 7. The Bertz CT molecular complexity index is 1240. The predicted molar refractivity (Wildman–Crippen MR) is 126 cm³/mol. The molecule has 0 aliphatic heterocycles. The number of hydrogen-bond donors (Lipinski definition) is 1. The van der Waals surface area contributed by atoms with Crippen LogP contribution in [0, 0.1) is 0 Å². The minimum absolute atomic E-state index is 0.132. The third-order valence-corrected chi connectivity index (χ3v) is 6.07. The molecule has 8 nitrogen and oxygen atoms in total. The number of halogens is 1. The van der Waals surface area contributed by atoms with Gasteiger partial charge in [-0.25, -0.2) is 0 Å². The SMILES string of the molecule is COc1ccc(OC)c(-n2c(SCC(=O)NCc3ccccc3Cl)nnc2-c2ccco2)c1. The van der Waals surface area contributed by atoms with Crippen LogP contribution in [0.5, 0.6) is 11.5 Å². The number of nitrogens with zero attached hydrogens (tertiary/aromatic N) is 3. The molecule has 4 aromatic rings. The molecule has 0 fully saturated rings. The quantitative estimate of drug-likeness (QED) is 0.347. The summed E-state index contributed by atoms with van der Waals surface area (Å²) in [5.74, 6) is 2.21. The number of benzene rings is 2. The summed E-state index contributed by atoms with van der Waals surface area (Å²) in [6.45, 7) is 0.340. The van der Waals surface area contributed by atoms with Crippen LogP contribution in [0.3, 0.4) is 0 Å². The zero-order valence-electron chi connectivity index (χ0n) is 17.9. The molecule has 2 heterocycles. The predicted octanol–water partition coefficient (Wildman–Crippen LogP) is 4.61. The molecule has 1 N–H and O–H groups in total. The van der Waals surface area contributed by atoms with E-state index >= 15 is 0 Å². The Hall–Kier alpha value is -3.43. The highest BCUT2D eigenvalue weighted by Gasteiger charge is 2.22. The summed E-state index contributed by atoms with van der Waals surface area (Å²) >= 11 is 7.41. The third-order valence-electron chi connectivity index (χ3n) is 4.77. The minimum atomic E-state index is -0.161. The molecule has 2 aromatic heterocycles. The molecular weight excluding hydrogens is 464 g/mol. The van der Waals surface area contributed by atoms with Crippen molar-refractivity contribution >= 4 is 29.3 Å². The van der Waals surface area contributed by atoms with Gasteiger partial charge in [0.05, 0.1) is 31.9 Å². The number of furan rings is 1. The summed E-state index contributed by atoms with van der Waals surface area (Å²) in [4.78, 5) is 12.5. The van der Waals surface area contributed by atoms with Gasteiger partial charge in [-0.2, -0.15) is 0 Å². The Morgan fingerprint density at radius 1 is 1.12 bits per heavy atom. The summed E-state index contributed by atoms with van der Waals surface area (Å²) in [7, 11) is 3.17. The van der Waals surface area contributed by atoms with Crippen molar-refractivity contribution in [2.45, 2.75) is 11.7 Å². The van der Waals surface area contributed by atoms with Gasteiger partial charge in [0.15, 0.2) is 10.9 Å². The zero-order chi connectivity index (χ0) is 23.2. The number of nitrogens with one attached hydrogen (secondary N) is 1. The van der Waals surface area contributed by atoms with E-state index in [0.717, 1.165) is 5.56 Å². The first-order valence-electron chi connectivity index (χ1n) is 9.95. The Morgan fingerprint density at radius 2 is 1.97 bits per heavy atom. The molecule has 0 saturated carbocycles. The van der Waals surface area contributed by atoms with E-state index in [1.54, 1.807) is 55.4 Å². The number of thioether (sulfide) groups is 1. The van der Waals surface area contributed by atoms with Crippen molar-refractivity contribution in [3.8, 4) is 28.8 Å². The highest BCUT2D eigenvalue weighted by molar-refractivity contribution is 7.99. The monoisotopic (exact) mass is 484 g/mol. The lowest BCUT2D eigenvalue weighted by Gasteiger charge is -2.14. The van der Waals surface area contributed by atoms with Crippen molar-refractivity contribution in [1.29, 1.82) is 0 Å². The van der Waals surface area contributed by atoms with Crippen LogP contribution in [-0.2, 0) is 11.3 Å². The van der Waals surface area contributed by atoms with Gasteiger partial charge in [0, 0.05) is 17.6 Å². The van der Waals surface area contributed by atoms with Crippen molar-refractivity contribution < 1.29 is 18.7 Å². The lowest BCUT2D eigenvalue weighted by molar-refractivity contribution is -0.118. The molecule has 1 amide bonds. The van der Waals surface area contributed by atoms with Crippen LogP contribution in [0.2, 0.25) is 5.02 Å². The van der Waals surface area contributed by atoms with Crippen LogP contribution >= 0.6 is 23.4 Å². The molecule has 0 atom stereocenters. The molecular formula is C23H21ClN4O4S. The van der Waals surface area contributed by atoms with Crippen molar-refractivity contribution in [2.24, 2.45) is 0 Å². The summed E-state index contributed by atoms with van der Waals surface area (Å²) in [6, 6.07) is 16.4. The Labute approximate surface area is 199 Å². The van der Waals surface area contributed by atoms with Crippen molar-refractivity contribution in [2.75, 3.05) is 20.0 Å². The number of rotatable bonds is 9. The average molecular weight is 485 g/mol. The van der Waals surface area contributed by atoms with Gasteiger partial charge in [-0.3, -0.25) is 9.36 Å². The van der Waals surface area contributed by atoms with Crippen LogP contribution in [0.4, 0.5) is 0 Å². The number of ether oxygens (including phenoxy) is 2. The van der Waals surface area contributed by atoms with Crippen LogP contribution in [0.15, 0.2) is 70.4 Å². The Morgan fingerprint density at radius 3 is 2.70 bits per heavy atom. The van der Waals surface area contributed by atoms with Crippen molar-refractivity contribution in [3.05, 3.63) is 71.4 Å². The molecule has 0 saturated heterocycles. The summed E-state index contributed by atoms with van der Waals surface area (Å²) < 4.78 is 18.3. The maximum Gasteiger partial charge on any atom is 0.230 e. The molecule has 33 heavy (non-hydrogen) atoms. The first-order valence-corrected chi connectivity index (χ1v) is 11.3. The van der Waals surface area contributed by atoms with E-state index in [0.29, 0.717) is 45.5 Å². The van der Waals surface area contributed by atoms with Crippen LogP contribution in [-0.4, -0.2) is 40.6 Å². The highest BCUT2D eigenvalue weighted by Crippen LogP contribution is 2.35. The van der Waals surface area contributed by atoms with E-state index in [1.165, 1.54) is 11.8 Å². The molecule has 10 heteroatoms. The van der Waals surface area contributed by atoms with E-state index in [1.807, 2.05) is 24.3 Å². The summed E-state index contributed by atoms with van der Waals surface area (Å²) in [6.07, 6.45) is 1.56. The maximum atomic E-state index is 12.5.